The SMILES string of the molecule is COCc1nc(NN)cc(N2CCN3CCCC3C2)n1. The lowest BCUT2D eigenvalue weighted by molar-refractivity contribution is 0.177. The van der Waals surface area contributed by atoms with Crippen LogP contribution in [0.2, 0.25) is 0 Å². The van der Waals surface area contributed by atoms with Crippen LogP contribution in [-0.4, -0.2) is 54.2 Å². The van der Waals surface area contributed by atoms with Gasteiger partial charge in [-0.3, -0.25) is 4.90 Å². The standard InChI is InChI=1S/C13H22N6O/c1-20-9-12-15-11(17-14)7-13(16-12)19-6-5-18-4-2-3-10(18)8-19/h7,10H,2-6,8-9,14H2,1H3,(H,15,16,17). The summed E-state index contributed by atoms with van der Waals surface area (Å²) in [5.74, 6) is 7.72. The first-order chi connectivity index (χ1) is 9.80. The van der Waals surface area contributed by atoms with Gasteiger partial charge in [0.2, 0.25) is 0 Å². The van der Waals surface area contributed by atoms with Gasteiger partial charge in [0.25, 0.3) is 0 Å². The highest BCUT2D eigenvalue weighted by Gasteiger charge is 2.31. The highest BCUT2D eigenvalue weighted by atomic mass is 16.5. The summed E-state index contributed by atoms with van der Waals surface area (Å²) in [5, 5.41) is 0. The molecule has 7 nitrogen and oxygen atoms in total. The van der Waals surface area contributed by atoms with E-state index < -0.39 is 0 Å². The van der Waals surface area contributed by atoms with Gasteiger partial charge in [-0.1, -0.05) is 0 Å². The van der Waals surface area contributed by atoms with Crippen molar-refractivity contribution in [1.29, 1.82) is 0 Å². The Labute approximate surface area is 119 Å². The van der Waals surface area contributed by atoms with Crippen LogP contribution in [-0.2, 0) is 11.3 Å². The summed E-state index contributed by atoms with van der Waals surface area (Å²) < 4.78 is 5.12. The molecule has 1 unspecified atom stereocenters. The molecule has 0 saturated carbocycles. The average molecular weight is 278 g/mol. The molecule has 7 heteroatoms. The van der Waals surface area contributed by atoms with Gasteiger partial charge in [0.15, 0.2) is 5.82 Å². The minimum atomic E-state index is 0.395. The van der Waals surface area contributed by atoms with Gasteiger partial charge in [-0.2, -0.15) is 0 Å². The molecule has 0 radical (unpaired) electrons. The van der Waals surface area contributed by atoms with Crippen molar-refractivity contribution in [2.45, 2.75) is 25.5 Å². The first kappa shape index (κ1) is 13.5. The van der Waals surface area contributed by atoms with Crippen LogP contribution in [0.3, 0.4) is 0 Å². The van der Waals surface area contributed by atoms with E-state index in [4.69, 9.17) is 10.6 Å². The highest BCUT2D eigenvalue weighted by molar-refractivity contribution is 5.49. The Morgan fingerprint density at radius 2 is 2.30 bits per heavy atom. The Kier molecular flexibility index (Phi) is 4.00. The van der Waals surface area contributed by atoms with Crippen molar-refractivity contribution in [2.24, 2.45) is 5.84 Å². The van der Waals surface area contributed by atoms with Gasteiger partial charge in [-0.05, 0) is 19.4 Å². The smallest absolute Gasteiger partial charge is 0.158 e. The number of hydrazine groups is 1. The fourth-order valence-electron chi connectivity index (χ4n) is 3.11. The molecule has 3 heterocycles. The monoisotopic (exact) mass is 278 g/mol. The molecule has 3 N–H and O–H groups in total. The van der Waals surface area contributed by atoms with Gasteiger partial charge in [0.1, 0.15) is 18.2 Å². The van der Waals surface area contributed by atoms with Crippen LogP contribution >= 0.6 is 0 Å². The van der Waals surface area contributed by atoms with Crippen LogP contribution in [0.5, 0.6) is 0 Å². The van der Waals surface area contributed by atoms with E-state index in [2.05, 4.69) is 25.2 Å². The molecule has 110 valence electrons. The summed E-state index contributed by atoms with van der Waals surface area (Å²) in [6.07, 6.45) is 2.60. The Balaban J connectivity index is 1.79. The molecule has 2 saturated heterocycles. The number of anilines is 2. The zero-order chi connectivity index (χ0) is 13.9. The molecule has 2 aliphatic rings. The van der Waals surface area contributed by atoms with Crippen LogP contribution in [0.25, 0.3) is 0 Å². The molecule has 2 aliphatic heterocycles. The fraction of sp³-hybridized carbons (Fsp3) is 0.692. The molecule has 0 bridgehead atoms. The predicted octanol–water partition coefficient (Wildman–Crippen LogP) is 0.193. The lowest BCUT2D eigenvalue weighted by Crippen LogP contribution is -2.50. The number of nitrogens with two attached hydrogens (primary N) is 1. The number of nitrogen functional groups attached to an aromatic ring is 1. The van der Waals surface area contributed by atoms with Crippen molar-refractivity contribution in [3.05, 3.63) is 11.9 Å². The Bertz CT molecular complexity index is 468. The van der Waals surface area contributed by atoms with E-state index in [9.17, 15) is 0 Å². The third kappa shape index (κ3) is 2.70. The Morgan fingerprint density at radius 3 is 3.10 bits per heavy atom. The molecular weight excluding hydrogens is 256 g/mol. The summed E-state index contributed by atoms with van der Waals surface area (Å²) in [7, 11) is 1.64. The maximum absolute atomic E-state index is 5.49. The zero-order valence-electron chi connectivity index (χ0n) is 11.9. The number of piperazine rings is 1. The van der Waals surface area contributed by atoms with E-state index in [1.165, 1.54) is 19.4 Å². The van der Waals surface area contributed by atoms with E-state index in [-0.39, 0.29) is 0 Å². The van der Waals surface area contributed by atoms with Crippen molar-refractivity contribution >= 4 is 11.6 Å². The summed E-state index contributed by atoms with van der Waals surface area (Å²) >= 11 is 0. The first-order valence-corrected chi connectivity index (χ1v) is 7.12. The van der Waals surface area contributed by atoms with E-state index in [1.807, 2.05) is 6.07 Å². The third-order valence-corrected chi connectivity index (χ3v) is 4.09. The second-order valence-electron chi connectivity index (χ2n) is 5.38. The lowest BCUT2D eigenvalue weighted by atomic mass is 10.1. The van der Waals surface area contributed by atoms with Crippen molar-refractivity contribution in [3.8, 4) is 0 Å². The molecule has 1 aromatic heterocycles. The van der Waals surface area contributed by atoms with Gasteiger partial charge >= 0.3 is 0 Å². The van der Waals surface area contributed by atoms with Gasteiger partial charge in [-0.25, -0.2) is 15.8 Å². The van der Waals surface area contributed by atoms with E-state index in [0.29, 0.717) is 24.3 Å². The van der Waals surface area contributed by atoms with Gasteiger partial charge in [-0.15, -0.1) is 0 Å². The van der Waals surface area contributed by atoms with Crippen molar-refractivity contribution in [1.82, 2.24) is 14.9 Å². The van der Waals surface area contributed by atoms with Gasteiger partial charge in [0, 0.05) is 38.9 Å². The fourth-order valence-corrected chi connectivity index (χ4v) is 3.11. The van der Waals surface area contributed by atoms with Crippen LogP contribution in [0.1, 0.15) is 18.7 Å². The van der Waals surface area contributed by atoms with Gasteiger partial charge in [0.05, 0.1) is 0 Å². The predicted molar refractivity (Wildman–Crippen MR) is 77.4 cm³/mol. The molecule has 1 aromatic rings. The summed E-state index contributed by atoms with van der Waals surface area (Å²) in [6, 6.07) is 2.57. The van der Waals surface area contributed by atoms with Crippen molar-refractivity contribution < 1.29 is 4.74 Å². The Morgan fingerprint density at radius 1 is 1.40 bits per heavy atom. The molecule has 0 spiro atoms. The van der Waals surface area contributed by atoms with Gasteiger partial charge < -0.3 is 15.1 Å². The van der Waals surface area contributed by atoms with E-state index >= 15 is 0 Å². The van der Waals surface area contributed by atoms with Crippen LogP contribution in [0.4, 0.5) is 11.6 Å². The van der Waals surface area contributed by atoms with Crippen LogP contribution < -0.4 is 16.2 Å². The number of rotatable bonds is 4. The largest absolute Gasteiger partial charge is 0.377 e. The number of hydrogen-bond acceptors (Lipinski definition) is 7. The minimum absolute atomic E-state index is 0.395. The third-order valence-electron chi connectivity index (χ3n) is 4.09. The van der Waals surface area contributed by atoms with Crippen molar-refractivity contribution in [3.63, 3.8) is 0 Å². The molecule has 2 fully saturated rings. The summed E-state index contributed by atoms with van der Waals surface area (Å²) in [5.41, 5.74) is 2.61. The molecule has 3 rings (SSSR count). The zero-order valence-corrected chi connectivity index (χ0v) is 11.9. The number of ether oxygens (including phenoxy) is 1. The summed E-state index contributed by atoms with van der Waals surface area (Å²) in [6.45, 7) is 4.79. The number of nitrogens with one attached hydrogen (secondary N) is 1. The molecule has 0 aromatic carbocycles. The number of fused-ring (bicyclic) bond motifs is 1. The number of nitrogens with zero attached hydrogens (tertiary/aromatic N) is 4. The topological polar surface area (TPSA) is 79.5 Å². The lowest BCUT2D eigenvalue weighted by Gasteiger charge is -2.38. The second-order valence-corrected chi connectivity index (χ2v) is 5.38. The number of methoxy groups -OCH3 is 1. The molecule has 0 amide bonds. The van der Waals surface area contributed by atoms with E-state index in [0.717, 1.165) is 25.5 Å². The number of hydrogen-bond donors (Lipinski definition) is 2. The Hall–Kier alpha value is -1.44. The van der Waals surface area contributed by atoms with Crippen molar-refractivity contribution in [2.75, 3.05) is 43.6 Å². The number of aromatic nitrogens is 2. The molecule has 20 heavy (non-hydrogen) atoms. The normalized spacial score (nSPS) is 22.9. The van der Waals surface area contributed by atoms with Crippen LogP contribution in [0, 0.1) is 0 Å². The van der Waals surface area contributed by atoms with E-state index in [1.54, 1.807) is 7.11 Å². The molecule has 1 atom stereocenters. The average Bonchev–Trinajstić information content (AvgIpc) is 2.94. The van der Waals surface area contributed by atoms with Crippen LogP contribution in [0.15, 0.2) is 6.07 Å². The maximum atomic E-state index is 5.49. The summed E-state index contributed by atoms with van der Waals surface area (Å²) in [4.78, 5) is 13.8. The minimum Gasteiger partial charge on any atom is -0.377 e. The molecule has 0 aliphatic carbocycles. The highest BCUT2D eigenvalue weighted by Crippen LogP contribution is 2.25. The maximum Gasteiger partial charge on any atom is 0.158 e. The first-order valence-electron chi connectivity index (χ1n) is 7.12. The quantitative estimate of drug-likeness (QED) is 0.601. The molecular formula is C13H22N6O. The second kappa shape index (κ2) is 5.90.